The molecule has 0 heterocycles. The van der Waals surface area contributed by atoms with Crippen LogP contribution in [0.15, 0.2) is 24.8 Å². The molecule has 0 atom stereocenters. The van der Waals surface area contributed by atoms with E-state index in [1.165, 1.54) is 5.56 Å². The number of hydrogen-bond acceptors (Lipinski definition) is 1. The minimum Gasteiger partial charge on any atom is -0.427 e. The predicted octanol–water partition coefficient (Wildman–Crippen LogP) is 3.37. The van der Waals surface area contributed by atoms with Gasteiger partial charge < -0.3 is 3.07 Å². The lowest BCUT2D eigenvalue weighted by Gasteiger charge is -2.04. The number of aryl methyl sites for hydroxylation is 1. The summed E-state index contributed by atoms with van der Waals surface area (Å²) in [6.07, 6.45) is 1.81. The maximum atomic E-state index is 5.12. The van der Waals surface area contributed by atoms with Crippen molar-refractivity contribution in [3.8, 4) is 5.75 Å². The molecule has 0 amide bonds. The molecule has 1 nitrogen and oxygen atoms in total. The Morgan fingerprint density at radius 2 is 2.27 bits per heavy atom. The second kappa shape index (κ2) is 3.76. The van der Waals surface area contributed by atoms with Crippen molar-refractivity contribution in [3.05, 3.63) is 35.9 Å². The first-order chi connectivity index (χ1) is 5.29. The molecule has 0 aliphatic carbocycles. The molecule has 1 aromatic carbocycles. The van der Waals surface area contributed by atoms with Crippen molar-refractivity contribution in [2.45, 2.75) is 6.92 Å². The summed E-state index contributed by atoms with van der Waals surface area (Å²) in [6, 6.07) is 5.93. The van der Waals surface area contributed by atoms with E-state index in [0.29, 0.717) is 0 Å². The molecule has 0 fully saturated rings. The molecule has 0 N–H and O–H groups in total. The van der Waals surface area contributed by atoms with Crippen molar-refractivity contribution < 1.29 is 3.07 Å². The fraction of sp³-hybridized carbons (Fsp3) is 0.111. The minimum atomic E-state index is 0.876. The van der Waals surface area contributed by atoms with Crippen molar-refractivity contribution in [1.82, 2.24) is 0 Å². The van der Waals surface area contributed by atoms with Gasteiger partial charge in [0.2, 0.25) is 0 Å². The van der Waals surface area contributed by atoms with Gasteiger partial charge in [-0.05, 0) is 18.6 Å². The van der Waals surface area contributed by atoms with E-state index in [1.807, 2.05) is 54.2 Å². The quantitative estimate of drug-likeness (QED) is 0.741. The molecule has 0 bridgehead atoms. The Kier molecular flexibility index (Phi) is 2.93. The summed E-state index contributed by atoms with van der Waals surface area (Å²) >= 11 is 1.87. The van der Waals surface area contributed by atoms with E-state index in [2.05, 4.69) is 6.58 Å². The molecular formula is C9H9IO. The van der Waals surface area contributed by atoms with Gasteiger partial charge in [-0.2, -0.15) is 0 Å². The second-order valence-corrected chi connectivity index (χ2v) is 2.71. The number of halogens is 1. The molecule has 0 spiro atoms. The van der Waals surface area contributed by atoms with Crippen molar-refractivity contribution in [2.24, 2.45) is 0 Å². The van der Waals surface area contributed by atoms with Gasteiger partial charge in [-0.25, -0.2) is 0 Å². The molecule has 0 aromatic heterocycles. The Morgan fingerprint density at radius 3 is 2.73 bits per heavy atom. The highest BCUT2D eigenvalue weighted by Gasteiger charge is 2.00. The van der Waals surface area contributed by atoms with Crippen molar-refractivity contribution in [1.29, 1.82) is 0 Å². The second-order valence-electron chi connectivity index (χ2n) is 2.27. The molecule has 0 aliphatic rings. The fourth-order valence-corrected chi connectivity index (χ4v) is 1.37. The number of rotatable bonds is 2. The molecule has 0 saturated carbocycles. The average molecular weight is 260 g/mol. The van der Waals surface area contributed by atoms with E-state index in [4.69, 9.17) is 3.07 Å². The maximum Gasteiger partial charge on any atom is 0.192 e. The molecule has 0 radical (unpaired) electrons. The van der Waals surface area contributed by atoms with E-state index in [1.54, 1.807) is 0 Å². The number of benzene rings is 1. The first-order valence-electron chi connectivity index (χ1n) is 3.30. The average Bonchev–Trinajstić information content (AvgIpc) is 2.04. The minimum absolute atomic E-state index is 0.876. The summed E-state index contributed by atoms with van der Waals surface area (Å²) in [5.41, 5.74) is 2.26. The topological polar surface area (TPSA) is 9.23 Å². The molecule has 0 saturated heterocycles. The van der Waals surface area contributed by atoms with Gasteiger partial charge >= 0.3 is 0 Å². The van der Waals surface area contributed by atoms with Crippen LogP contribution in [-0.2, 0) is 0 Å². The summed E-state index contributed by atoms with van der Waals surface area (Å²) in [7, 11) is 0. The van der Waals surface area contributed by atoms with Gasteiger partial charge in [-0.3, -0.25) is 0 Å². The summed E-state index contributed by atoms with van der Waals surface area (Å²) in [4.78, 5) is 0. The van der Waals surface area contributed by atoms with Crippen molar-refractivity contribution >= 4 is 29.1 Å². The van der Waals surface area contributed by atoms with Crippen LogP contribution < -0.4 is 3.07 Å². The van der Waals surface area contributed by atoms with Gasteiger partial charge in [0.1, 0.15) is 5.75 Å². The molecule has 1 aromatic rings. The van der Waals surface area contributed by atoms with Crippen LogP contribution in [0.3, 0.4) is 0 Å². The Balaban J connectivity index is 3.24. The van der Waals surface area contributed by atoms with Crippen LogP contribution in [0, 0.1) is 6.92 Å². The smallest absolute Gasteiger partial charge is 0.192 e. The molecule has 0 aliphatic heterocycles. The van der Waals surface area contributed by atoms with Crippen LogP contribution in [0.2, 0.25) is 0 Å². The Bertz CT molecular complexity index is 268. The van der Waals surface area contributed by atoms with Crippen molar-refractivity contribution in [2.75, 3.05) is 0 Å². The largest absolute Gasteiger partial charge is 0.427 e. The lowest BCUT2D eigenvalue weighted by Crippen LogP contribution is -1.83. The van der Waals surface area contributed by atoms with Gasteiger partial charge in [0.05, 0.1) is 0 Å². The standard InChI is InChI=1S/C9H9IO/c1-3-8-7(2)5-4-6-9(8)11-10/h3-6H,1H2,2H3. The van der Waals surface area contributed by atoms with Gasteiger partial charge in [-0.15, -0.1) is 0 Å². The van der Waals surface area contributed by atoms with E-state index < -0.39 is 0 Å². The third-order valence-electron chi connectivity index (χ3n) is 1.57. The lowest BCUT2D eigenvalue weighted by atomic mass is 10.1. The third-order valence-corrected chi connectivity index (χ3v) is 2.05. The third kappa shape index (κ3) is 1.74. The zero-order valence-electron chi connectivity index (χ0n) is 6.30. The van der Waals surface area contributed by atoms with Crippen molar-refractivity contribution in [3.63, 3.8) is 0 Å². The van der Waals surface area contributed by atoms with E-state index in [0.717, 1.165) is 11.3 Å². The van der Waals surface area contributed by atoms with Crippen LogP contribution >= 0.6 is 23.0 Å². The zero-order valence-corrected chi connectivity index (χ0v) is 8.46. The van der Waals surface area contributed by atoms with Crippen LogP contribution in [0.4, 0.5) is 0 Å². The van der Waals surface area contributed by atoms with Gasteiger partial charge in [0.15, 0.2) is 23.0 Å². The van der Waals surface area contributed by atoms with Crippen LogP contribution in [0.1, 0.15) is 11.1 Å². The Morgan fingerprint density at radius 1 is 1.55 bits per heavy atom. The van der Waals surface area contributed by atoms with E-state index in [-0.39, 0.29) is 0 Å². The summed E-state index contributed by atoms with van der Waals surface area (Å²) in [6.45, 7) is 5.75. The zero-order chi connectivity index (χ0) is 8.27. The normalized spacial score (nSPS) is 9.27. The molecule has 11 heavy (non-hydrogen) atoms. The molecule has 0 unspecified atom stereocenters. The van der Waals surface area contributed by atoms with Gasteiger partial charge in [-0.1, -0.05) is 24.8 Å². The van der Waals surface area contributed by atoms with Crippen LogP contribution in [0.25, 0.3) is 6.08 Å². The SMILES string of the molecule is C=Cc1c(C)cccc1OI. The molecule has 1 rings (SSSR count). The summed E-state index contributed by atoms with van der Waals surface area (Å²) in [5.74, 6) is 0.876. The highest BCUT2D eigenvalue weighted by Crippen LogP contribution is 2.24. The number of hydrogen-bond donors (Lipinski definition) is 0. The molecule has 2 heteroatoms. The van der Waals surface area contributed by atoms with Crippen LogP contribution in [-0.4, -0.2) is 0 Å². The van der Waals surface area contributed by atoms with E-state index in [9.17, 15) is 0 Å². The first-order valence-corrected chi connectivity index (χ1v) is 4.18. The van der Waals surface area contributed by atoms with Gasteiger partial charge in [0, 0.05) is 5.56 Å². The van der Waals surface area contributed by atoms with Gasteiger partial charge in [0.25, 0.3) is 0 Å². The molecular weight excluding hydrogens is 251 g/mol. The lowest BCUT2D eigenvalue weighted by molar-refractivity contribution is 0.713. The molecule has 58 valence electrons. The highest BCUT2D eigenvalue weighted by atomic mass is 127. The monoisotopic (exact) mass is 260 g/mol. The fourth-order valence-electron chi connectivity index (χ4n) is 0.983. The van der Waals surface area contributed by atoms with Crippen LogP contribution in [0.5, 0.6) is 5.75 Å². The Labute approximate surface area is 80.8 Å². The highest BCUT2D eigenvalue weighted by molar-refractivity contribution is 14.1. The Hall–Kier alpha value is -0.510. The predicted molar refractivity (Wildman–Crippen MR) is 55.9 cm³/mol. The summed E-state index contributed by atoms with van der Waals surface area (Å²) in [5, 5.41) is 0. The van der Waals surface area contributed by atoms with E-state index >= 15 is 0 Å². The summed E-state index contributed by atoms with van der Waals surface area (Å²) < 4.78 is 5.12. The first kappa shape index (κ1) is 8.59. The maximum absolute atomic E-state index is 5.12.